The Hall–Kier alpha value is -2.99. The number of nitrogens with two attached hydrogens (primary N) is 1. The van der Waals surface area contributed by atoms with E-state index >= 15 is 0 Å². The quantitative estimate of drug-likeness (QED) is 0.708. The van der Waals surface area contributed by atoms with Gasteiger partial charge in [-0.05, 0) is 49.1 Å². The van der Waals surface area contributed by atoms with Crippen molar-refractivity contribution in [3.05, 3.63) is 70.8 Å². The van der Waals surface area contributed by atoms with E-state index in [2.05, 4.69) is 19.2 Å². The molecule has 2 aromatic carbocycles. The van der Waals surface area contributed by atoms with E-state index in [-0.39, 0.29) is 24.3 Å². The fourth-order valence-corrected chi connectivity index (χ4v) is 3.81. The van der Waals surface area contributed by atoms with Gasteiger partial charge < -0.3 is 11.1 Å². The maximum absolute atomic E-state index is 12.8. The molecule has 3 N–H and O–H groups in total. The summed E-state index contributed by atoms with van der Waals surface area (Å²) in [5, 5.41) is 3.03. The smallest absolute Gasteiger partial charge is 0.261 e. The minimum atomic E-state index is -0.496. The van der Waals surface area contributed by atoms with Crippen molar-refractivity contribution >= 4 is 17.7 Å². The lowest BCUT2D eigenvalue weighted by Crippen LogP contribution is -2.52. The molecule has 0 bridgehead atoms. The van der Waals surface area contributed by atoms with Crippen LogP contribution < -0.4 is 11.1 Å². The van der Waals surface area contributed by atoms with Crippen LogP contribution >= 0.6 is 0 Å². The summed E-state index contributed by atoms with van der Waals surface area (Å²) in [4.78, 5) is 39.1. The summed E-state index contributed by atoms with van der Waals surface area (Å²) in [5.41, 5.74) is 7.42. The minimum Gasteiger partial charge on any atom is -0.346 e. The highest BCUT2D eigenvalue weighted by Gasteiger charge is 2.35. The zero-order chi connectivity index (χ0) is 21.2. The van der Waals surface area contributed by atoms with E-state index in [0.717, 1.165) is 6.42 Å². The topological polar surface area (TPSA) is 92.5 Å². The van der Waals surface area contributed by atoms with Gasteiger partial charge in [0.2, 0.25) is 0 Å². The average molecular weight is 393 g/mol. The molecule has 1 aliphatic heterocycles. The van der Waals surface area contributed by atoms with Gasteiger partial charge in [0.1, 0.15) is 0 Å². The largest absolute Gasteiger partial charge is 0.346 e. The second-order valence-electron chi connectivity index (χ2n) is 8.26. The molecule has 152 valence electrons. The molecule has 0 spiro atoms. The number of fused-ring (bicyclic) bond motifs is 1. The Labute approximate surface area is 171 Å². The first-order valence-electron chi connectivity index (χ1n) is 9.81. The molecule has 3 rings (SSSR count). The summed E-state index contributed by atoms with van der Waals surface area (Å²) in [5.74, 6) is -0.451. The number of amides is 3. The zero-order valence-corrected chi connectivity index (χ0v) is 17.1. The number of imide groups is 1. The number of carbonyl (C=O) groups excluding carboxylic acids is 3. The Kier molecular flexibility index (Phi) is 5.84. The Morgan fingerprint density at radius 2 is 1.69 bits per heavy atom. The highest BCUT2D eigenvalue weighted by atomic mass is 16.2. The Bertz CT molecular complexity index is 919. The fraction of sp³-hybridized carbons (Fsp3) is 0.348. The zero-order valence-electron chi connectivity index (χ0n) is 17.1. The van der Waals surface area contributed by atoms with E-state index in [1.165, 1.54) is 4.90 Å². The van der Waals surface area contributed by atoms with Crippen molar-refractivity contribution in [3.8, 4) is 0 Å². The Morgan fingerprint density at radius 3 is 2.24 bits per heavy atom. The molecule has 2 aromatic rings. The highest BCUT2D eigenvalue weighted by molar-refractivity contribution is 6.21. The molecule has 0 saturated heterocycles. The first kappa shape index (κ1) is 20.7. The molecule has 0 fully saturated rings. The fourth-order valence-electron chi connectivity index (χ4n) is 3.81. The SMILES string of the molecule is CC(C)CC(C)(CN)NC(=O)c1cccc(CN2C(=O)c3ccccc3C2=O)c1. The van der Waals surface area contributed by atoms with Crippen molar-refractivity contribution in [2.75, 3.05) is 6.54 Å². The average Bonchev–Trinajstić information content (AvgIpc) is 2.93. The van der Waals surface area contributed by atoms with Crippen LogP contribution in [0.2, 0.25) is 0 Å². The van der Waals surface area contributed by atoms with Crippen molar-refractivity contribution in [1.29, 1.82) is 0 Å². The predicted octanol–water partition coefficient (Wildman–Crippen LogP) is 2.98. The first-order valence-corrected chi connectivity index (χ1v) is 9.81. The van der Waals surface area contributed by atoms with Gasteiger partial charge in [0.25, 0.3) is 17.7 Å². The van der Waals surface area contributed by atoms with Gasteiger partial charge >= 0.3 is 0 Å². The van der Waals surface area contributed by atoms with Gasteiger partial charge in [0, 0.05) is 17.6 Å². The molecule has 6 heteroatoms. The van der Waals surface area contributed by atoms with E-state index in [4.69, 9.17) is 5.73 Å². The van der Waals surface area contributed by atoms with E-state index in [1.807, 2.05) is 6.92 Å². The number of hydrogen-bond acceptors (Lipinski definition) is 4. The number of nitrogens with one attached hydrogen (secondary N) is 1. The van der Waals surface area contributed by atoms with Crippen molar-refractivity contribution in [2.24, 2.45) is 11.7 Å². The number of carbonyl (C=O) groups is 3. The predicted molar refractivity (Wildman–Crippen MR) is 111 cm³/mol. The minimum absolute atomic E-state index is 0.119. The number of benzene rings is 2. The van der Waals surface area contributed by atoms with Crippen LogP contribution in [0, 0.1) is 5.92 Å². The number of hydrogen-bond donors (Lipinski definition) is 2. The van der Waals surface area contributed by atoms with Crippen LogP contribution in [-0.4, -0.2) is 34.7 Å². The van der Waals surface area contributed by atoms with Crippen LogP contribution in [0.25, 0.3) is 0 Å². The van der Waals surface area contributed by atoms with Crippen molar-refractivity contribution in [3.63, 3.8) is 0 Å². The maximum atomic E-state index is 12.8. The summed E-state index contributed by atoms with van der Waals surface area (Å²) >= 11 is 0. The second-order valence-corrected chi connectivity index (χ2v) is 8.26. The third-order valence-electron chi connectivity index (χ3n) is 5.13. The van der Waals surface area contributed by atoms with E-state index < -0.39 is 5.54 Å². The lowest BCUT2D eigenvalue weighted by atomic mass is 9.90. The van der Waals surface area contributed by atoms with Crippen LogP contribution in [0.1, 0.15) is 63.8 Å². The lowest BCUT2D eigenvalue weighted by molar-refractivity contribution is 0.0642. The molecule has 0 saturated carbocycles. The van der Waals surface area contributed by atoms with Crippen molar-refractivity contribution in [1.82, 2.24) is 10.2 Å². The second kappa shape index (κ2) is 8.17. The highest BCUT2D eigenvalue weighted by Crippen LogP contribution is 2.24. The van der Waals surface area contributed by atoms with E-state index in [0.29, 0.717) is 34.7 Å². The molecule has 29 heavy (non-hydrogen) atoms. The molecule has 3 amide bonds. The van der Waals surface area contributed by atoms with Gasteiger partial charge in [-0.3, -0.25) is 19.3 Å². The van der Waals surface area contributed by atoms with Gasteiger partial charge in [-0.1, -0.05) is 38.1 Å². The molecule has 0 radical (unpaired) electrons. The van der Waals surface area contributed by atoms with Crippen LogP contribution in [0.4, 0.5) is 0 Å². The summed E-state index contributed by atoms with van der Waals surface area (Å²) < 4.78 is 0. The van der Waals surface area contributed by atoms with Gasteiger partial charge in [-0.15, -0.1) is 0 Å². The molecular weight excluding hydrogens is 366 g/mol. The number of nitrogens with zero attached hydrogens (tertiary/aromatic N) is 1. The third kappa shape index (κ3) is 4.38. The van der Waals surface area contributed by atoms with Gasteiger partial charge in [0.05, 0.1) is 17.7 Å². The Balaban J connectivity index is 1.76. The molecule has 0 aromatic heterocycles. The molecule has 1 heterocycles. The van der Waals surface area contributed by atoms with Crippen LogP contribution in [0.3, 0.4) is 0 Å². The molecular formula is C23H27N3O3. The maximum Gasteiger partial charge on any atom is 0.261 e. The normalized spacial score (nSPS) is 15.4. The lowest BCUT2D eigenvalue weighted by Gasteiger charge is -2.31. The van der Waals surface area contributed by atoms with E-state index in [9.17, 15) is 14.4 Å². The van der Waals surface area contributed by atoms with Crippen LogP contribution in [0.15, 0.2) is 48.5 Å². The Morgan fingerprint density at radius 1 is 1.07 bits per heavy atom. The van der Waals surface area contributed by atoms with Crippen molar-refractivity contribution in [2.45, 2.75) is 39.3 Å². The molecule has 6 nitrogen and oxygen atoms in total. The van der Waals surface area contributed by atoms with Crippen LogP contribution in [-0.2, 0) is 6.54 Å². The summed E-state index contributed by atoms with van der Waals surface area (Å²) in [6, 6.07) is 13.8. The number of rotatable bonds is 7. The van der Waals surface area contributed by atoms with Gasteiger partial charge in [-0.25, -0.2) is 0 Å². The monoisotopic (exact) mass is 393 g/mol. The standard InChI is InChI=1S/C23H27N3O3/c1-15(2)12-23(3,14-24)25-20(27)17-8-6-7-16(11-17)13-26-21(28)18-9-4-5-10-19(18)22(26)29/h4-11,15H,12-14,24H2,1-3H3,(H,25,27). The van der Waals surface area contributed by atoms with Gasteiger partial charge in [-0.2, -0.15) is 0 Å². The molecule has 1 atom stereocenters. The summed E-state index contributed by atoms with van der Waals surface area (Å²) in [6.45, 7) is 6.57. The molecule has 1 unspecified atom stereocenters. The summed E-state index contributed by atoms with van der Waals surface area (Å²) in [7, 11) is 0. The van der Waals surface area contributed by atoms with E-state index in [1.54, 1.807) is 48.5 Å². The first-order chi connectivity index (χ1) is 13.7. The summed E-state index contributed by atoms with van der Waals surface area (Å²) in [6.07, 6.45) is 0.768. The van der Waals surface area contributed by atoms with Crippen LogP contribution in [0.5, 0.6) is 0 Å². The molecule has 0 aliphatic carbocycles. The third-order valence-corrected chi connectivity index (χ3v) is 5.13. The van der Waals surface area contributed by atoms with Gasteiger partial charge in [0.15, 0.2) is 0 Å². The molecule has 1 aliphatic rings. The van der Waals surface area contributed by atoms with Crippen molar-refractivity contribution < 1.29 is 14.4 Å².